The number of anilines is 1. The van der Waals surface area contributed by atoms with Gasteiger partial charge in [0.25, 0.3) is 5.69 Å². The Kier molecular flexibility index (Phi) is 4.48. The summed E-state index contributed by atoms with van der Waals surface area (Å²) >= 11 is 1.63. The first-order chi connectivity index (χ1) is 14.2. The van der Waals surface area contributed by atoms with Crippen molar-refractivity contribution in [3.05, 3.63) is 75.3 Å². The van der Waals surface area contributed by atoms with Gasteiger partial charge >= 0.3 is 0 Å². The van der Waals surface area contributed by atoms with Crippen LogP contribution in [0.15, 0.2) is 54.6 Å². The molecular weight excluding hydrogens is 382 g/mol. The third kappa shape index (κ3) is 3.36. The highest BCUT2D eigenvalue weighted by Crippen LogP contribution is 2.33. The van der Waals surface area contributed by atoms with Crippen molar-refractivity contribution >= 4 is 55.9 Å². The molecule has 29 heavy (non-hydrogen) atoms. The lowest BCUT2D eigenvalue weighted by atomic mass is 10.1. The van der Waals surface area contributed by atoms with Gasteiger partial charge < -0.3 is 4.90 Å². The highest BCUT2D eigenvalue weighted by molar-refractivity contribution is 7.19. The number of fused-ring (bicyclic) bond motifs is 3. The van der Waals surface area contributed by atoms with Crippen LogP contribution in [0.5, 0.6) is 0 Å². The lowest BCUT2D eigenvalue weighted by molar-refractivity contribution is -0.384. The Bertz CT molecular complexity index is 1260. The van der Waals surface area contributed by atoms with Crippen LogP contribution in [0.2, 0.25) is 0 Å². The zero-order chi connectivity index (χ0) is 19.8. The molecule has 1 aliphatic rings. The maximum atomic E-state index is 11.6. The third-order valence-corrected chi connectivity index (χ3v) is 6.35. The summed E-state index contributed by atoms with van der Waals surface area (Å²) in [5, 5.41) is 14.8. The monoisotopic (exact) mass is 401 g/mol. The Morgan fingerprint density at radius 2 is 1.86 bits per heavy atom. The molecule has 3 aromatic carbocycles. The summed E-state index contributed by atoms with van der Waals surface area (Å²) in [5.74, 6) is 0. The molecule has 144 valence electrons. The minimum absolute atomic E-state index is 0.171. The zero-order valence-corrected chi connectivity index (χ0v) is 16.6. The van der Waals surface area contributed by atoms with E-state index in [-0.39, 0.29) is 10.6 Å². The van der Waals surface area contributed by atoms with E-state index in [1.165, 1.54) is 5.39 Å². The fraction of sp³-hybridized carbons (Fsp3) is 0.174. The van der Waals surface area contributed by atoms with Crippen LogP contribution in [-0.2, 0) is 0 Å². The second-order valence-electron chi connectivity index (χ2n) is 7.22. The van der Waals surface area contributed by atoms with E-state index in [1.54, 1.807) is 17.4 Å². The number of thiazole rings is 1. The van der Waals surface area contributed by atoms with Crippen LogP contribution in [0.4, 0.5) is 11.4 Å². The van der Waals surface area contributed by atoms with Crippen LogP contribution in [0.25, 0.3) is 33.1 Å². The molecule has 1 fully saturated rings. The molecule has 4 aromatic rings. The molecule has 1 saturated heterocycles. The molecule has 5 rings (SSSR count). The molecule has 1 aromatic heterocycles. The molecule has 2 heterocycles. The van der Waals surface area contributed by atoms with Crippen LogP contribution >= 0.6 is 11.3 Å². The molecule has 0 unspecified atom stereocenters. The van der Waals surface area contributed by atoms with Crippen molar-refractivity contribution < 1.29 is 4.92 Å². The van der Waals surface area contributed by atoms with E-state index in [0.717, 1.165) is 57.8 Å². The van der Waals surface area contributed by atoms with Crippen molar-refractivity contribution in [2.75, 3.05) is 18.0 Å². The zero-order valence-electron chi connectivity index (χ0n) is 15.7. The normalized spacial score (nSPS) is 14.4. The van der Waals surface area contributed by atoms with Gasteiger partial charge in [0.1, 0.15) is 10.7 Å². The maximum absolute atomic E-state index is 11.6. The molecule has 0 atom stereocenters. The van der Waals surface area contributed by atoms with Crippen molar-refractivity contribution in [3.63, 3.8) is 0 Å². The number of nitro groups is 1. The Hall–Kier alpha value is -3.25. The molecule has 0 aliphatic carbocycles. The molecule has 0 saturated carbocycles. The van der Waals surface area contributed by atoms with E-state index in [9.17, 15) is 10.1 Å². The minimum atomic E-state index is -0.283. The number of hydrogen-bond donors (Lipinski definition) is 0. The van der Waals surface area contributed by atoms with Gasteiger partial charge in [-0.3, -0.25) is 10.1 Å². The second-order valence-corrected chi connectivity index (χ2v) is 8.28. The topological polar surface area (TPSA) is 59.3 Å². The van der Waals surface area contributed by atoms with E-state index in [0.29, 0.717) is 0 Å². The van der Waals surface area contributed by atoms with Crippen LogP contribution in [0.1, 0.15) is 23.4 Å². The fourth-order valence-electron chi connectivity index (χ4n) is 3.93. The van der Waals surface area contributed by atoms with Crippen molar-refractivity contribution in [2.45, 2.75) is 12.8 Å². The highest BCUT2D eigenvalue weighted by atomic mass is 32.1. The Morgan fingerprint density at radius 1 is 1.03 bits per heavy atom. The van der Waals surface area contributed by atoms with Gasteiger partial charge in [0.2, 0.25) is 0 Å². The Morgan fingerprint density at radius 3 is 2.69 bits per heavy atom. The summed E-state index contributed by atoms with van der Waals surface area (Å²) in [5.41, 5.74) is 2.70. The van der Waals surface area contributed by atoms with E-state index in [4.69, 9.17) is 4.98 Å². The fourth-order valence-corrected chi connectivity index (χ4v) is 4.82. The van der Waals surface area contributed by atoms with E-state index in [1.807, 2.05) is 36.4 Å². The van der Waals surface area contributed by atoms with Crippen LogP contribution < -0.4 is 4.90 Å². The molecule has 0 bridgehead atoms. The number of rotatable bonds is 4. The summed E-state index contributed by atoms with van der Waals surface area (Å²) in [4.78, 5) is 18.2. The average molecular weight is 401 g/mol. The summed E-state index contributed by atoms with van der Waals surface area (Å²) in [7, 11) is 0. The van der Waals surface area contributed by atoms with Crippen molar-refractivity contribution in [2.24, 2.45) is 0 Å². The second kappa shape index (κ2) is 7.29. The van der Waals surface area contributed by atoms with Crippen molar-refractivity contribution in [3.8, 4) is 0 Å². The van der Waals surface area contributed by atoms with Crippen LogP contribution in [-0.4, -0.2) is 23.0 Å². The predicted molar refractivity (Wildman–Crippen MR) is 121 cm³/mol. The number of nitrogens with zero attached hydrogens (tertiary/aromatic N) is 3. The smallest absolute Gasteiger partial charge is 0.293 e. The van der Waals surface area contributed by atoms with E-state index in [2.05, 4.69) is 29.2 Å². The van der Waals surface area contributed by atoms with Gasteiger partial charge in [0.05, 0.1) is 15.1 Å². The standard InChI is InChI=1S/C23H19N3O2S/c27-26(28)20-15-16(7-10-19(20)25-13-3-4-14-25)8-12-22-24-23-18-6-2-1-5-17(18)9-11-21(23)29-22/h1-2,5-12,15H,3-4,13-14H2/b12-8+. The minimum Gasteiger partial charge on any atom is -0.366 e. The first kappa shape index (κ1) is 17.8. The molecule has 0 N–H and O–H groups in total. The Balaban J connectivity index is 1.48. The van der Waals surface area contributed by atoms with Gasteiger partial charge in [-0.05, 0) is 42.0 Å². The first-order valence-corrected chi connectivity index (χ1v) is 10.5. The van der Waals surface area contributed by atoms with Crippen LogP contribution in [0.3, 0.4) is 0 Å². The van der Waals surface area contributed by atoms with E-state index < -0.39 is 0 Å². The van der Waals surface area contributed by atoms with Gasteiger partial charge in [-0.2, -0.15) is 0 Å². The van der Waals surface area contributed by atoms with Gasteiger partial charge in [-0.15, -0.1) is 11.3 Å². The third-order valence-electron chi connectivity index (χ3n) is 5.36. The largest absolute Gasteiger partial charge is 0.366 e. The first-order valence-electron chi connectivity index (χ1n) is 9.69. The van der Waals surface area contributed by atoms with Gasteiger partial charge in [0, 0.05) is 24.5 Å². The lowest BCUT2D eigenvalue weighted by Crippen LogP contribution is -2.18. The molecule has 0 amide bonds. The van der Waals surface area contributed by atoms with Crippen molar-refractivity contribution in [1.82, 2.24) is 4.98 Å². The Labute approximate surface area is 172 Å². The quantitative estimate of drug-likeness (QED) is 0.305. The molecule has 0 radical (unpaired) electrons. The molecule has 1 aliphatic heterocycles. The number of benzene rings is 3. The number of hydrogen-bond acceptors (Lipinski definition) is 5. The van der Waals surface area contributed by atoms with E-state index >= 15 is 0 Å². The molecule has 5 nitrogen and oxygen atoms in total. The molecule has 6 heteroatoms. The summed E-state index contributed by atoms with van der Waals surface area (Å²) in [6.07, 6.45) is 6.02. The molecule has 0 spiro atoms. The summed E-state index contributed by atoms with van der Waals surface area (Å²) < 4.78 is 1.14. The summed E-state index contributed by atoms with van der Waals surface area (Å²) in [6, 6.07) is 17.9. The SMILES string of the molecule is O=[N+]([O-])c1cc(/C=C/c2nc3c(ccc4ccccc43)s2)ccc1N1CCCC1. The van der Waals surface area contributed by atoms with Gasteiger partial charge in [-0.25, -0.2) is 4.98 Å². The molecular formula is C23H19N3O2S. The number of aromatic nitrogens is 1. The number of nitro benzene ring substituents is 1. The average Bonchev–Trinajstić information content (AvgIpc) is 3.42. The van der Waals surface area contributed by atoms with Gasteiger partial charge in [0.15, 0.2) is 0 Å². The highest BCUT2D eigenvalue weighted by Gasteiger charge is 2.22. The lowest BCUT2D eigenvalue weighted by Gasteiger charge is -2.17. The van der Waals surface area contributed by atoms with Gasteiger partial charge in [-0.1, -0.05) is 42.5 Å². The maximum Gasteiger partial charge on any atom is 0.293 e. The summed E-state index contributed by atoms with van der Waals surface area (Å²) in [6.45, 7) is 1.77. The van der Waals surface area contributed by atoms with Crippen molar-refractivity contribution in [1.29, 1.82) is 0 Å². The predicted octanol–water partition coefficient (Wildman–Crippen LogP) is 6.13. The van der Waals surface area contributed by atoms with Crippen LogP contribution in [0, 0.1) is 10.1 Å².